The summed E-state index contributed by atoms with van der Waals surface area (Å²) in [6.07, 6.45) is 0. The van der Waals surface area contributed by atoms with Gasteiger partial charge in [-0.2, -0.15) is 0 Å². The second-order valence-corrected chi connectivity index (χ2v) is 5.57. The van der Waals surface area contributed by atoms with Gasteiger partial charge < -0.3 is 25.4 Å². The lowest BCUT2D eigenvalue weighted by molar-refractivity contribution is 0.354. The van der Waals surface area contributed by atoms with Crippen LogP contribution in [0.5, 0.6) is 11.5 Å². The van der Waals surface area contributed by atoms with E-state index in [-0.39, 0.29) is 24.0 Å². The summed E-state index contributed by atoms with van der Waals surface area (Å²) >= 11 is 0. The number of para-hydroxylation sites is 1. The Hall–Kier alpha value is -2.16. The third-order valence-corrected chi connectivity index (χ3v) is 3.83. The van der Waals surface area contributed by atoms with E-state index in [0.29, 0.717) is 30.5 Å². The number of guanidine groups is 1. The van der Waals surface area contributed by atoms with E-state index in [1.165, 1.54) is 5.69 Å². The minimum Gasteiger partial charge on any atom is -0.493 e. The highest BCUT2D eigenvalue weighted by atomic mass is 127. The van der Waals surface area contributed by atoms with Gasteiger partial charge in [0.15, 0.2) is 17.5 Å². The molecule has 142 valence electrons. The Morgan fingerprint density at radius 3 is 2.42 bits per heavy atom. The number of ether oxygens (including phenoxy) is 2. The van der Waals surface area contributed by atoms with E-state index in [2.05, 4.69) is 27.3 Å². The number of hydrogen-bond acceptors (Lipinski definition) is 4. The summed E-state index contributed by atoms with van der Waals surface area (Å²) in [5, 5.41) is 3.13. The number of nitrogens with two attached hydrogens (primary N) is 1. The lowest BCUT2D eigenvalue weighted by Gasteiger charge is -2.19. The van der Waals surface area contributed by atoms with Gasteiger partial charge in [-0.15, -0.1) is 24.0 Å². The first-order valence-corrected chi connectivity index (χ1v) is 8.15. The Morgan fingerprint density at radius 2 is 1.77 bits per heavy atom. The van der Waals surface area contributed by atoms with Crippen molar-refractivity contribution in [1.29, 1.82) is 0 Å². The summed E-state index contributed by atoms with van der Waals surface area (Å²) in [5.74, 6) is 1.81. The highest BCUT2D eigenvalue weighted by molar-refractivity contribution is 14.0. The molecule has 2 aromatic rings. The average molecular weight is 470 g/mol. The summed E-state index contributed by atoms with van der Waals surface area (Å²) in [5.41, 5.74) is 8.11. The first kappa shape index (κ1) is 21.9. The lowest BCUT2D eigenvalue weighted by Crippen LogP contribution is -2.37. The Balaban J connectivity index is 0.00000338. The topological polar surface area (TPSA) is 72.1 Å². The smallest absolute Gasteiger partial charge is 0.188 e. The Morgan fingerprint density at radius 1 is 1.08 bits per heavy atom. The Kier molecular flexibility index (Phi) is 9.64. The van der Waals surface area contributed by atoms with Crippen molar-refractivity contribution in [3.63, 3.8) is 0 Å². The van der Waals surface area contributed by atoms with Crippen LogP contribution in [0.4, 0.5) is 5.69 Å². The van der Waals surface area contributed by atoms with Gasteiger partial charge in [-0.3, -0.25) is 0 Å². The Bertz CT molecular complexity index is 695. The lowest BCUT2D eigenvalue weighted by atomic mass is 10.2. The van der Waals surface area contributed by atoms with Crippen molar-refractivity contribution in [2.45, 2.75) is 6.54 Å². The predicted molar refractivity (Wildman–Crippen MR) is 118 cm³/mol. The predicted octanol–water partition coefficient (Wildman–Crippen LogP) is 2.86. The van der Waals surface area contributed by atoms with Gasteiger partial charge in [0.1, 0.15) is 0 Å². The number of halogens is 1. The van der Waals surface area contributed by atoms with Crippen LogP contribution < -0.4 is 25.4 Å². The molecule has 26 heavy (non-hydrogen) atoms. The number of nitrogens with one attached hydrogen (secondary N) is 1. The zero-order valence-corrected chi connectivity index (χ0v) is 17.8. The van der Waals surface area contributed by atoms with Gasteiger partial charge in [0, 0.05) is 25.8 Å². The van der Waals surface area contributed by atoms with Crippen LogP contribution in [0.1, 0.15) is 5.56 Å². The van der Waals surface area contributed by atoms with Crippen LogP contribution in [-0.4, -0.2) is 40.3 Å². The van der Waals surface area contributed by atoms with Gasteiger partial charge in [-0.05, 0) is 29.8 Å². The molecule has 2 aromatic carbocycles. The van der Waals surface area contributed by atoms with Gasteiger partial charge in [0.05, 0.1) is 20.8 Å². The van der Waals surface area contributed by atoms with Crippen LogP contribution in [0.3, 0.4) is 0 Å². The molecule has 6 nitrogen and oxygen atoms in total. The first-order chi connectivity index (χ1) is 12.1. The van der Waals surface area contributed by atoms with Crippen molar-refractivity contribution in [2.75, 3.05) is 39.3 Å². The van der Waals surface area contributed by atoms with Crippen LogP contribution in [0.15, 0.2) is 53.5 Å². The van der Waals surface area contributed by atoms with E-state index >= 15 is 0 Å². The maximum atomic E-state index is 5.94. The fraction of sp³-hybridized carbons (Fsp3) is 0.316. The number of aliphatic imine (C=N–C) groups is 1. The van der Waals surface area contributed by atoms with Crippen molar-refractivity contribution in [3.05, 3.63) is 54.1 Å². The van der Waals surface area contributed by atoms with Gasteiger partial charge in [-0.1, -0.05) is 24.3 Å². The first-order valence-electron chi connectivity index (χ1n) is 8.15. The molecule has 7 heteroatoms. The van der Waals surface area contributed by atoms with Crippen LogP contribution in [0.25, 0.3) is 0 Å². The molecule has 0 unspecified atom stereocenters. The molecule has 0 saturated heterocycles. The van der Waals surface area contributed by atoms with E-state index in [1.807, 2.05) is 43.4 Å². The molecule has 2 rings (SSSR count). The molecule has 0 radical (unpaired) electrons. The summed E-state index contributed by atoms with van der Waals surface area (Å²) in [7, 11) is 5.28. The Labute approximate surface area is 172 Å². The molecule has 0 saturated carbocycles. The average Bonchev–Trinajstić information content (AvgIpc) is 2.66. The molecule has 0 amide bonds. The quantitative estimate of drug-likeness (QED) is 0.353. The molecule has 0 aliphatic rings. The molecular formula is C19H27IN4O2. The van der Waals surface area contributed by atoms with E-state index in [4.69, 9.17) is 15.2 Å². The monoisotopic (exact) mass is 470 g/mol. The fourth-order valence-corrected chi connectivity index (χ4v) is 2.37. The molecular weight excluding hydrogens is 443 g/mol. The van der Waals surface area contributed by atoms with Crippen LogP contribution >= 0.6 is 24.0 Å². The number of benzene rings is 2. The molecule has 0 bridgehead atoms. The highest BCUT2D eigenvalue weighted by Gasteiger charge is 2.04. The number of anilines is 1. The van der Waals surface area contributed by atoms with Crippen molar-refractivity contribution < 1.29 is 9.47 Å². The molecule has 0 atom stereocenters. The molecule has 0 heterocycles. The second-order valence-electron chi connectivity index (χ2n) is 5.57. The van der Waals surface area contributed by atoms with Crippen LogP contribution in [0, 0.1) is 0 Å². The van der Waals surface area contributed by atoms with E-state index in [1.54, 1.807) is 14.2 Å². The third-order valence-electron chi connectivity index (χ3n) is 3.83. The highest BCUT2D eigenvalue weighted by Crippen LogP contribution is 2.27. The summed E-state index contributed by atoms with van der Waals surface area (Å²) in [4.78, 5) is 6.52. The molecule has 0 spiro atoms. The van der Waals surface area contributed by atoms with Gasteiger partial charge >= 0.3 is 0 Å². The standard InChI is InChI=1S/C19H26N4O2.HI/c1-23(16-7-5-4-6-8-16)12-11-21-19(20)22-14-15-9-10-17(24-2)18(13-15)25-3;/h4-10,13H,11-12,14H2,1-3H3,(H3,20,21,22);1H. The van der Waals surface area contributed by atoms with E-state index in [9.17, 15) is 0 Å². The molecule has 0 aromatic heterocycles. The van der Waals surface area contributed by atoms with Crippen molar-refractivity contribution in [1.82, 2.24) is 5.32 Å². The maximum Gasteiger partial charge on any atom is 0.188 e. The number of nitrogens with zero attached hydrogens (tertiary/aromatic N) is 2. The zero-order chi connectivity index (χ0) is 18.1. The van der Waals surface area contributed by atoms with E-state index in [0.717, 1.165) is 12.1 Å². The minimum atomic E-state index is 0. The third kappa shape index (κ3) is 6.62. The molecule has 3 N–H and O–H groups in total. The van der Waals surface area contributed by atoms with Crippen LogP contribution in [0.2, 0.25) is 0 Å². The van der Waals surface area contributed by atoms with Crippen molar-refractivity contribution >= 4 is 35.6 Å². The largest absolute Gasteiger partial charge is 0.493 e. The number of rotatable bonds is 8. The normalized spacial score (nSPS) is 10.7. The maximum absolute atomic E-state index is 5.94. The fourth-order valence-electron chi connectivity index (χ4n) is 2.37. The van der Waals surface area contributed by atoms with Gasteiger partial charge in [0.2, 0.25) is 0 Å². The number of hydrogen-bond donors (Lipinski definition) is 2. The zero-order valence-electron chi connectivity index (χ0n) is 15.4. The summed E-state index contributed by atoms with van der Waals surface area (Å²) in [6.45, 7) is 2.02. The molecule has 0 fully saturated rings. The summed E-state index contributed by atoms with van der Waals surface area (Å²) < 4.78 is 10.5. The molecule has 0 aliphatic carbocycles. The number of likely N-dealkylation sites (N-methyl/N-ethyl adjacent to an activating group) is 1. The van der Waals surface area contributed by atoms with E-state index < -0.39 is 0 Å². The van der Waals surface area contributed by atoms with Crippen molar-refractivity contribution in [2.24, 2.45) is 10.7 Å². The SMILES string of the molecule is COc1ccc(CN=C(N)NCCN(C)c2ccccc2)cc1OC.I. The van der Waals surface area contributed by atoms with Crippen LogP contribution in [-0.2, 0) is 6.54 Å². The molecule has 0 aliphatic heterocycles. The number of methoxy groups -OCH3 is 2. The van der Waals surface area contributed by atoms with Gasteiger partial charge in [-0.25, -0.2) is 4.99 Å². The van der Waals surface area contributed by atoms with Gasteiger partial charge in [0.25, 0.3) is 0 Å². The summed E-state index contributed by atoms with van der Waals surface area (Å²) in [6, 6.07) is 15.9. The second kappa shape index (κ2) is 11.5. The minimum absolute atomic E-state index is 0. The van der Waals surface area contributed by atoms with Crippen molar-refractivity contribution in [3.8, 4) is 11.5 Å².